The van der Waals surface area contributed by atoms with Crippen LogP contribution in [0.1, 0.15) is 5.56 Å². The van der Waals surface area contributed by atoms with Crippen molar-refractivity contribution >= 4 is 33.4 Å². The highest BCUT2D eigenvalue weighted by molar-refractivity contribution is 7.98. The fraction of sp³-hybridized carbons (Fsp3) is 0.353. The zero-order chi connectivity index (χ0) is 17.9. The van der Waals surface area contributed by atoms with Crippen molar-refractivity contribution in [2.24, 2.45) is 0 Å². The fourth-order valence-corrected chi connectivity index (χ4v) is 5.03. The van der Waals surface area contributed by atoms with Crippen molar-refractivity contribution in [1.29, 1.82) is 0 Å². The van der Waals surface area contributed by atoms with Gasteiger partial charge < -0.3 is 4.90 Å². The van der Waals surface area contributed by atoms with E-state index in [1.54, 1.807) is 28.2 Å². The molecule has 0 amide bonds. The second kappa shape index (κ2) is 8.05. The lowest BCUT2D eigenvalue weighted by molar-refractivity contribution is -0.883. The van der Waals surface area contributed by atoms with Gasteiger partial charge in [-0.05, 0) is 29.8 Å². The molecule has 0 atom stereocenters. The molecule has 134 valence electrons. The van der Waals surface area contributed by atoms with Crippen LogP contribution in [0.15, 0.2) is 52.5 Å². The van der Waals surface area contributed by atoms with Crippen molar-refractivity contribution < 1.29 is 13.3 Å². The zero-order valence-electron chi connectivity index (χ0n) is 14.0. The highest BCUT2D eigenvalue weighted by Gasteiger charge is 2.29. The Balaban J connectivity index is 1.65. The lowest BCUT2D eigenvalue weighted by atomic mass is 10.2. The maximum absolute atomic E-state index is 12.7. The van der Waals surface area contributed by atoms with Gasteiger partial charge in [0.1, 0.15) is 4.90 Å². The van der Waals surface area contributed by atoms with Gasteiger partial charge in [0.2, 0.25) is 10.0 Å². The molecule has 1 saturated heterocycles. The number of thioether (sulfide) groups is 1. The summed E-state index contributed by atoms with van der Waals surface area (Å²) >= 11 is 7.54. The first kappa shape index (κ1) is 18.7. The van der Waals surface area contributed by atoms with E-state index >= 15 is 0 Å². The minimum absolute atomic E-state index is 0.263. The number of sulfonamides is 1. The monoisotopic (exact) mass is 398 g/mol. The summed E-state index contributed by atoms with van der Waals surface area (Å²) in [5.41, 5.74) is 1.11. The van der Waals surface area contributed by atoms with Gasteiger partial charge in [-0.1, -0.05) is 23.7 Å². The number of benzene rings is 1. The molecule has 2 aromatic rings. The lowest BCUT2D eigenvalue weighted by Crippen LogP contribution is -3.12. The molecule has 3 rings (SSSR count). The number of hydrogen-bond donors (Lipinski definition) is 1. The molecular formula is C17H21ClN3O2S2+. The number of hydrogen-bond acceptors (Lipinski definition) is 4. The summed E-state index contributed by atoms with van der Waals surface area (Å²) in [5, 5.41) is 1.50. The van der Waals surface area contributed by atoms with Crippen LogP contribution in [-0.2, 0) is 15.8 Å². The number of aromatic nitrogens is 1. The number of likely N-dealkylation sites (N-methyl/N-ethyl adjacent to an activating group) is 1. The molecule has 1 N–H and O–H groups in total. The van der Waals surface area contributed by atoms with Gasteiger partial charge in [-0.3, -0.25) is 0 Å². The van der Waals surface area contributed by atoms with E-state index in [1.165, 1.54) is 11.1 Å². The Bertz CT molecular complexity index is 820. The average molecular weight is 399 g/mol. The van der Waals surface area contributed by atoms with E-state index in [0.29, 0.717) is 18.1 Å². The molecule has 0 spiro atoms. The van der Waals surface area contributed by atoms with Gasteiger partial charge in [0.05, 0.1) is 38.3 Å². The molecule has 0 bridgehead atoms. The number of halogens is 1. The van der Waals surface area contributed by atoms with Gasteiger partial charge in [-0.15, -0.1) is 11.8 Å². The van der Waals surface area contributed by atoms with Gasteiger partial charge in [0.25, 0.3) is 0 Å². The highest BCUT2D eigenvalue weighted by atomic mass is 35.5. The van der Waals surface area contributed by atoms with Crippen LogP contribution in [0.2, 0.25) is 5.02 Å². The summed E-state index contributed by atoms with van der Waals surface area (Å²) in [7, 11) is -1.36. The van der Waals surface area contributed by atoms with Crippen LogP contribution < -0.4 is 4.90 Å². The SMILES string of the molecule is C[NH+]1CCN(S(=O)(=O)c2ccc(SCc3cccc(Cl)c3)nc2)CC1. The quantitative estimate of drug-likeness (QED) is 0.776. The first-order valence-corrected chi connectivity index (χ1v) is 10.9. The normalized spacial score (nSPS) is 16.9. The van der Waals surface area contributed by atoms with E-state index in [-0.39, 0.29) is 4.90 Å². The Morgan fingerprint density at radius 2 is 2.00 bits per heavy atom. The van der Waals surface area contributed by atoms with Crippen molar-refractivity contribution in [3.05, 3.63) is 53.2 Å². The Labute approximate surface area is 158 Å². The molecule has 8 heteroatoms. The van der Waals surface area contributed by atoms with E-state index in [4.69, 9.17) is 11.6 Å². The van der Waals surface area contributed by atoms with Crippen LogP contribution in [0.25, 0.3) is 0 Å². The van der Waals surface area contributed by atoms with Crippen LogP contribution in [-0.4, -0.2) is 50.9 Å². The van der Waals surface area contributed by atoms with Gasteiger partial charge in [0, 0.05) is 17.0 Å². The molecule has 1 aromatic heterocycles. The number of piperazine rings is 1. The maximum Gasteiger partial charge on any atom is 0.245 e. The minimum atomic E-state index is -3.44. The molecule has 1 aromatic carbocycles. The largest absolute Gasteiger partial charge is 0.335 e. The standard InChI is InChI=1S/C17H20ClN3O2S2/c1-20-7-9-21(10-8-20)25(22,23)16-5-6-17(19-12-16)24-13-14-3-2-4-15(18)11-14/h2-6,11-12H,7-10,13H2,1H3/p+1. The molecule has 2 heterocycles. The van der Waals surface area contributed by atoms with Crippen molar-refractivity contribution in [3.8, 4) is 0 Å². The molecule has 0 aliphatic carbocycles. The summed E-state index contributed by atoms with van der Waals surface area (Å²) in [5.74, 6) is 0.737. The number of nitrogens with one attached hydrogen (secondary N) is 1. The second-order valence-corrected chi connectivity index (χ2v) is 9.48. The first-order chi connectivity index (χ1) is 11.9. The summed E-state index contributed by atoms with van der Waals surface area (Å²) in [4.78, 5) is 5.93. The summed E-state index contributed by atoms with van der Waals surface area (Å²) in [6, 6.07) is 11.1. The van der Waals surface area contributed by atoms with E-state index in [2.05, 4.69) is 12.0 Å². The van der Waals surface area contributed by atoms with Crippen LogP contribution >= 0.6 is 23.4 Å². The minimum Gasteiger partial charge on any atom is -0.335 e. The molecule has 0 unspecified atom stereocenters. The van der Waals surface area contributed by atoms with Crippen LogP contribution in [0, 0.1) is 0 Å². The molecule has 0 saturated carbocycles. The van der Waals surface area contributed by atoms with Gasteiger partial charge in [0.15, 0.2) is 0 Å². The third kappa shape index (κ3) is 4.74. The van der Waals surface area contributed by atoms with Crippen LogP contribution in [0.5, 0.6) is 0 Å². The Kier molecular flexibility index (Phi) is 6.01. The molecule has 1 aliphatic rings. The highest BCUT2D eigenvalue weighted by Crippen LogP contribution is 2.24. The molecule has 25 heavy (non-hydrogen) atoms. The summed E-state index contributed by atoms with van der Waals surface area (Å²) in [6.07, 6.45) is 1.46. The van der Waals surface area contributed by atoms with E-state index in [9.17, 15) is 8.42 Å². The number of pyridine rings is 1. The molecule has 5 nitrogen and oxygen atoms in total. The average Bonchev–Trinajstić information content (AvgIpc) is 2.61. The Morgan fingerprint density at radius 3 is 2.64 bits per heavy atom. The topological polar surface area (TPSA) is 54.7 Å². The third-order valence-corrected chi connectivity index (χ3v) is 7.33. The first-order valence-electron chi connectivity index (χ1n) is 8.10. The van der Waals surface area contributed by atoms with Crippen molar-refractivity contribution in [1.82, 2.24) is 9.29 Å². The predicted molar refractivity (Wildman–Crippen MR) is 101 cm³/mol. The second-order valence-electron chi connectivity index (χ2n) is 6.11. The maximum atomic E-state index is 12.7. The van der Waals surface area contributed by atoms with E-state index < -0.39 is 10.0 Å². The number of nitrogens with zero attached hydrogens (tertiary/aromatic N) is 2. The molecule has 1 aliphatic heterocycles. The summed E-state index contributed by atoms with van der Waals surface area (Å²) in [6.45, 7) is 2.78. The van der Waals surface area contributed by atoms with Crippen molar-refractivity contribution in [2.75, 3.05) is 33.2 Å². The number of rotatable bonds is 5. The zero-order valence-corrected chi connectivity index (χ0v) is 16.4. The number of quaternary nitrogens is 1. The Morgan fingerprint density at radius 1 is 1.24 bits per heavy atom. The van der Waals surface area contributed by atoms with Crippen LogP contribution in [0.3, 0.4) is 0 Å². The predicted octanol–water partition coefficient (Wildman–Crippen LogP) is 1.55. The van der Waals surface area contributed by atoms with Crippen LogP contribution in [0.4, 0.5) is 0 Å². The van der Waals surface area contributed by atoms with E-state index in [1.807, 2.05) is 24.3 Å². The molecule has 0 radical (unpaired) electrons. The Hall–Kier alpha value is -1.12. The lowest BCUT2D eigenvalue weighted by Gasteiger charge is -2.29. The third-order valence-electron chi connectivity index (χ3n) is 4.20. The summed E-state index contributed by atoms with van der Waals surface area (Å²) < 4.78 is 26.9. The van der Waals surface area contributed by atoms with Gasteiger partial charge in [-0.25, -0.2) is 13.4 Å². The fourth-order valence-electron chi connectivity index (χ4n) is 2.65. The van der Waals surface area contributed by atoms with Gasteiger partial charge >= 0.3 is 0 Å². The molecule has 1 fully saturated rings. The molecular weight excluding hydrogens is 378 g/mol. The van der Waals surface area contributed by atoms with E-state index in [0.717, 1.165) is 29.4 Å². The van der Waals surface area contributed by atoms with Crippen molar-refractivity contribution in [3.63, 3.8) is 0 Å². The smallest absolute Gasteiger partial charge is 0.245 e. The van der Waals surface area contributed by atoms with Crippen molar-refractivity contribution in [2.45, 2.75) is 15.7 Å². The van der Waals surface area contributed by atoms with Gasteiger partial charge in [-0.2, -0.15) is 4.31 Å².